The summed E-state index contributed by atoms with van der Waals surface area (Å²) < 4.78 is 7.66. The van der Waals surface area contributed by atoms with Crippen molar-refractivity contribution in [3.8, 4) is 0 Å². The van der Waals surface area contributed by atoms with Crippen LogP contribution in [-0.4, -0.2) is 28.9 Å². The molecule has 0 aliphatic heterocycles. The predicted octanol–water partition coefficient (Wildman–Crippen LogP) is 1.70. The summed E-state index contributed by atoms with van der Waals surface area (Å²) in [6.45, 7) is 5.77. The number of nitrogens with one attached hydrogen (secondary N) is 1. The zero-order valence-corrected chi connectivity index (χ0v) is 18.8. The van der Waals surface area contributed by atoms with Gasteiger partial charge in [-0.1, -0.05) is 81.4 Å². The molecule has 2 aromatic carbocycles. The summed E-state index contributed by atoms with van der Waals surface area (Å²) in [5, 5.41) is 10.9. The van der Waals surface area contributed by atoms with E-state index in [4.69, 9.17) is 9.53 Å². The normalized spacial score (nSPS) is 12.0. The summed E-state index contributed by atoms with van der Waals surface area (Å²) in [5.74, 6) is -1.17. The minimum Gasteiger partial charge on any atom is -0.480 e. The second-order valence-electron chi connectivity index (χ2n) is 8.39. The van der Waals surface area contributed by atoms with E-state index in [9.17, 15) is 14.4 Å². The largest absolute Gasteiger partial charge is 0.480 e. The lowest BCUT2D eigenvalue weighted by Crippen LogP contribution is -2.66. The fourth-order valence-corrected chi connectivity index (χ4v) is 8.40. The van der Waals surface area contributed by atoms with E-state index in [1.54, 1.807) is 0 Å². The standard InChI is InChI=1S/C23H26N2O5Si/c1-23(2,3)31(18-10-6-4-7-11-18,19-12-8-5-9-13-19)30-16-17-14-25(15-20(26)27)22(29)24-21(17)28/h4-14H,15-16H2,1-3H3,(H,26,27)(H,24,28,29). The molecule has 0 unspecified atom stereocenters. The van der Waals surface area contributed by atoms with Crippen LogP contribution in [-0.2, 0) is 22.4 Å². The molecule has 0 saturated heterocycles. The average molecular weight is 439 g/mol. The third-order valence-electron chi connectivity index (χ3n) is 5.25. The lowest BCUT2D eigenvalue weighted by molar-refractivity contribution is -0.137. The van der Waals surface area contributed by atoms with E-state index in [0.29, 0.717) is 0 Å². The van der Waals surface area contributed by atoms with Gasteiger partial charge in [-0.3, -0.25) is 19.1 Å². The van der Waals surface area contributed by atoms with E-state index in [1.165, 1.54) is 6.20 Å². The van der Waals surface area contributed by atoms with E-state index in [0.717, 1.165) is 14.9 Å². The fraction of sp³-hybridized carbons (Fsp3) is 0.261. The van der Waals surface area contributed by atoms with E-state index >= 15 is 0 Å². The maximum Gasteiger partial charge on any atom is 0.328 e. The number of nitrogens with zero attached hydrogens (tertiary/aromatic N) is 1. The van der Waals surface area contributed by atoms with Crippen molar-refractivity contribution in [1.29, 1.82) is 0 Å². The van der Waals surface area contributed by atoms with E-state index in [1.807, 2.05) is 60.7 Å². The molecule has 31 heavy (non-hydrogen) atoms. The smallest absolute Gasteiger partial charge is 0.328 e. The van der Waals surface area contributed by atoms with Crippen LogP contribution in [0.15, 0.2) is 76.4 Å². The van der Waals surface area contributed by atoms with Crippen molar-refractivity contribution in [1.82, 2.24) is 9.55 Å². The number of hydrogen-bond donors (Lipinski definition) is 2. The number of aliphatic carboxylic acids is 1. The molecule has 162 valence electrons. The molecule has 3 aromatic rings. The highest BCUT2D eigenvalue weighted by Gasteiger charge is 2.50. The van der Waals surface area contributed by atoms with Gasteiger partial charge in [0.15, 0.2) is 0 Å². The second-order valence-corrected chi connectivity index (χ2v) is 12.7. The maximum absolute atomic E-state index is 12.4. The number of aromatic amines is 1. The number of benzene rings is 2. The van der Waals surface area contributed by atoms with E-state index in [-0.39, 0.29) is 17.2 Å². The molecular formula is C23H26N2O5Si. The Morgan fingerprint density at radius 1 is 1.00 bits per heavy atom. The van der Waals surface area contributed by atoms with Crippen molar-refractivity contribution in [3.63, 3.8) is 0 Å². The Morgan fingerprint density at radius 3 is 1.97 bits per heavy atom. The van der Waals surface area contributed by atoms with Gasteiger partial charge in [-0.2, -0.15) is 0 Å². The van der Waals surface area contributed by atoms with Gasteiger partial charge in [0.1, 0.15) is 6.54 Å². The Kier molecular flexibility index (Phi) is 6.42. The predicted molar refractivity (Wildman–Crippen MR) is 121 cm³/mol. The van der Waals surface area contributed by atoms with Crippen molar-refractivity contribution in [2.45, 2.75) is 39.0 Å². The summed E-state index contributed by atoms with van der Waals surface area (Å²) in [6, 6.07) is 19.9. The molecule has 0 aliphatic carbocycles. The fourth-order valence-electron chi connectivity index (χ4n) is 3.87. The second kappa shape index (κ2) is 8.87. The Balaban J connectivity index is 2.12. The molecule has 0 saturated carbocycles. The van der Waals surface area contributed by atoms with Crippen LogP contribution in [0.2, 0.25) is 5.04 Å². The molecule has 3 rings (SSSR count). The highest BCUT2D eigenvalue weighted by molar-refractivity contribution is 6.99. The SMILES string of the molecule is CC(C)(C)[Si](OCc1cn(CC(=O)O)c(=O)[nH]c1=O)(c1ccccc1)c1ccccc1. The number of carboxylic acids is 1. The van der Waals surface area contributed by atoms with Gasteiger partial charge in [-0.05, 0) is 15.4 Å². The van der Waals surface area contributed by atoms with E-state index in [2.05, 4.69) is 25.8 Å². The maximum atomic E-state index is 12.4. The van der Waals surface area contributed by atoms with Crippen molar-refractivity contribution in [2.75, 3.05) is 0 Å². The topological polar surface area (TPSA) is 101 Å². The Morgan fingerprint density at radius 2 is 1.52 bits per heavy atom. The van der Waals surface area contributed by atoms with Gasteiger partial charge in [0, 0.05) is 6.20 Å². The quantitative estimate of drug-likeness (QED) is 0.547. The number of carbonyl (C=O) groups is 1. The first kappa shape index (κ1) is 22.5. The first-order chi connectivity index (χ1) is 14.6. The van der Waals surface area contributed by atoms with Crippen LogP contribution in [0, 0.1) is 0 Å². The molecule has 7 nitrogen and oxygen atoms in total. The van der Waals surface area contributed by atoms with Crippen LogP contribution < -0.4 is 21.6 Å². The van der Waals surface area contributed by atoms with Crippen LogP contribution in [0.4, 0.5) is 0 Å². The molecule has 0 atom stereocenters. The zero-order chi connectivity index (χ0) is 22.6. The summed E-state index contributed by atoms with van der Waals surface area (Å²) in [5.41, 5.74) is -1.14. The van der Waals surface area contributed by atoms with Gasteiger partial charge in [0.25, 0.3) is 13.9 Å². The van der Waals surface area contributed by atoms with Crippen molar-refractivity contribution >= 4 is 24.7 Å². The van der Waals surface area contributed by atoms with Gasteiger partial charge in [0.2, 0.25) is 0 Å². The number of carboxylic acid groups (broad SMARTS) is 1. The van der Waals surface area contributed by atoms with E-state index < -0.39 is 32.1 Å². The molecule has 0 fully saturated rings. The molecule has 2 N–H and O–H groups in total. The van der Waals surface area contributed by atoms with Gasteiger partial charge in [-0.25, -0.2) is 4.79 Å². The summed E-state index contributed by atoms with van der Waals surface area (Å²) in [4.78, 5) is 37.6. The Bertz CT molecular complexity index is 1120. The molecule has 0 spiro atoms. The summed E-state index contributed by atoms with van der Waals surface area (Å²) in [7, 11) is -2.87. The van der Waals surface area contributed by atoms with Crippen LogP contribution in [0.3, 0.4) is 0 Å². The van der Waals surface area contributed by atoms with Gasteiger partial charge in [0.05, 0.1) is 12.2 Å². The number of aromatic nitrogens is 2. The highest BCUT2D eigenvalue weighted by atomic mass is 28.4. The third-order valence-corrected chi connectivity index (χ3v) is 10.2. The van der Waals surface area contributed by atoms with Crippen molar-refractivity contribution in [2.24, 2.45) is 0 Å². The first-order valence-corrected chi connectivity index (χ1v) is 11.9. The lowest BCUT2D eigenvalue weighted by Gasteiger charge is -2.43. The van der Waals surface area contributed by atoms with Crippen molar-refractivity contribution in [3.05, 3.63) is 93.3 Å². The molecule has 1 aromatic heterocycles. The van der Waals surface area contributed by atoms with Gasteiger partial charge in [-0.15, -0.1) is 0 Å². The number of rotatable bonds is 7. The zero-order valence-electron chi connectivity index (χ0n) is 17.8. The Labute approximate surface area is 181 Å². The highest BCUT2D eigenvalue weighted by Crippen LogP contribution is 2.37. The summed E-state index contributed by atoms with van der Waals surface area (Å²) >= 11 is 0. The lowest BCUT2D eigenvalue weighted by atomic mass is 10.2. The molecule has 1 heterocycles. The van der Waals surface area contributed by atoms with Crippen LogP contribution in [0.5, 0.6) is 0 Å². The minimum absolute atomic E-state index is 0.0531. The number of hydrogen-bond acceptors (Lipinski definition) is 4. The molecular weight excluding hydrogens is 412 g/mol. The van der Waals surface area contributed by atoms with Crippen LogP contribution >= 0.6 is 0 Å². The summed E-state index contributed by atoms with van der Waals surface area (Å²) in [6.07, 6.45) is 1.27. The molecule has 0 radical (unpaired) electrons. The van der Waals surface area contributed by atoms with Crippen LogP contribution in [0.1, 0.15) is 26.3 Å². The molecule has 8 heteroatoms. The third kappa shape index (κ3) is 4.60. The van der Waals surface area contributed by atoms with Gasteiger partial charge < -0.3 is 9.53 Å². The molecule has 0 aliphatic rings. The number of H-pyrrole nitrogens is 1. The minimum atomic E-state index is -2.87. The molecule has 0 amide bonds. The van der Waals surface area contributed by atoms with Crippen LogP contribution in [0.25, 0.3) is 0 Å². The monoisotopic (exact) mass is 438 g/mol. The average Bonchev–Trinajstić information content (AvgIpc) is 2.72. The first-order valence-electron chi connectivity index (χ1n) is 9.94. The molecule has 0 bridgehead atoms. The van der Waals surface area contributed by atoms with Gasteiger partial charge >= 0.3 is 11.7 Å². The Hall–Kier alpha value is -3.23. The van der Waals surface area contributed by atoms with Crippen molar-refractivity contribution < 1.29 is 14.3 Å².